The summed E-state index contributed by atoms with van der Waals surface area (Å²) in [6.07, 6.45) is 1.77. The van der Waals surface area contributed by atoms with Crippen LogP contribution < -0.4 is 10.6 Å². The van der Waals surface area contributed by atoms with E-state index in [1.807, 2.05) is 60.7 Å². The molecular formula is C24H20N2O3. The molecule has 3 aromatic carbocycles. The highest BCUT2D eigenvalue weighted by molar-refractivity contribution is 6.02. The third kappa shape index (κ3) is 4.52. The predicted octanol–water partition coefficient (Wildman–Crippen LogP) is 4.54. The Morgan fingerprint density at radius 3 is 2.55 bits per heavy atom. The number of anilines is 1. The molecule has 0 aliphatic rings. The van der Waals surface area contributed by atoms with Crippen LogP contribution >= 0.6 is 0 Å². The minimum atomic E-state index is -0.313. The lowest BCUT2D eigenvalue weighted by atomic mass is 10.0. The maximum absolute atomic E-state index is 12.5. The van der Waals surface area contributed by atoms with Crippen LogP contribution in [-0.2, 0) is 17.8 Å². The Labute approximate surface area is 168 Å². The van der Waals surface area contributed by atoms with Crippen LogP contribution in [0.5, 0.6) is 0 Å². The first-order valence-corrected chi connectivity index (χ1v) is 9.36. The van der Waals surface area contributed by atoms with Crippen molar-refractivity contribution in [1.29, 1.82) is 0 Å². The largest absolute Gasteiger partial charge is 0.459 e. The van der Waals surface area contributed by atoms with E-state index in [9.17, 15) is 9.59 Å². The molecule has 2 N–H and O–H groups in total. The second-order valence-electron chi connectivity index (χ2n) is 6.72. The number of hydrogen-bond donors (Lipinski definition) is 2. The SMILES string of the molecule is O=C(Cc1cccc2ccccc12)NCc1cccc(NC(=O)c2ccco2)c1. The van der Waals surface area contributed by atoms with E-state index < -0.39 is 0 Å². The Kier molecular flexibility index (Phi) is 5.38. The summed E-state index contributed by atoms with van der Waals surface area (Å²) in [5.41, 5.74) is 2.54. The van der Waals surface area contributed by atoms with Crippen molar-refractivity contribution in [3.63, 3.8) is 0 Å². The van der Waals surface area contributed by atoms with E-state index in [4.69, 9.17) is 4.42 Å². The number of amides is 2. The van der Waals surface area contributed by atoms with Crippen LogP contribution in [0.2, 0.25) is 0 Å². The van der Waals surface area contributed by atoms with Gasteiger partial charge in [0.25, 0.3) is 5.91 Å². The first kappa shape index (κ1) is 18.5. The molecule has 0 aliphatic carbocycles. The topological polar surface area (TPSA) is 71.3 Å². The number of hydrogen-bond acceptors (Lipinski definition) is 3. The van der Waals surface area contributed by atoms with E-state index >= 15 is 0 Å². The van der Waals surface area contributed by atoms with Crippen molar-refractivity contribution in [1.82, 2.24) is 5.32 Å². The minimum Gasteiger partial charge on any atom is -0.459 e. The van der Waals surface area contributed by atoms with Crippen molar-refractivity contribution >= 4 is 28.3 Å². The third-order valence-electron chi connectivity index (χ3n) is 4.65. The van der Waals surface area contributed by atoms with Crippen LogP contribution in [-0.4, -0.2) is 11.8 Å². The highest BCUT2D eigenvalue weighted by Gasteiger charge is 2.10. The number of nitrogens with one attached hydrogen (secondary N) is 2. The Morgan fingerprint density at radius 2 is 1.69 bits per heavy atom. The zero-order valence-electron chi connectivity index (χ0n) is 15.7. The van der Waals surface area contributed by atoms with Crippen molar-refractivity contribution in [2.24, 2.45) is 0 Å². The molecular weight excluding hydrogens is 364 g/mol. The summed E-state index contributed by atoms with van der Waals surface area (Å²) < 4.78 is 5.09. The van der Waals surface area contributed by atoms with Gasteiger partial charge in [0.05, 0.1) is 12.7 Å². The Bertz CT molecular complexity index is 1140. The lowest BCUT2D eigenvalue weighted by molar-refractivity contribution is -0.120. The van der Waals surface area contributed by atoms with E-state index in [0.717, 1.165) is 21.9 Å². The fraction of sp³-hybridized carbons (Fsp3) is 0.0833. The van der Waals surface area contributed by atoms with Crippen molar-refractivity contribution in [3.8, 4) is 0 Å². The fourth-order valence-corrected chi connectivity index (χ4v) is 3.24. The summed E-state index contributed by atoms with van der Waals surface area (Å²) in [6, 6.07) is 24.7. The zero-order chi connectivity index (χ0) is 20.1. The minimum absolute atomic E-state index is 0.0497. The van der Waals surface area contributed by atoms with Crippen LogP contribution in [0.4, 0.5) is 5.69 Å². The normalized spacial score (nSPS) is 10.6. The average molecular weight is 384 g/mol. The molecule has 29 heavy (non-hydrogen) atoms. The molecule has 0 saturated carbocycles. The van der Waals surface area contributed by atoms with Crippen LogP contribution in [0.15, 0.2) is 89.5 Å². The quantitative estimate of drug-likeness (QED) is 0.512. The average Bonchev–Trinajstić information content (AvgIpc) is 3.28. The van der Waals surface area contributed by atoms with Gasteiger partial charge in [-0.05, 0) is 46.2 Å². The second-order valence-corrected chi connectivity index (χ2v) is 6.72. The summed E-state index contributed by atoms with van der Waals surface area (Å²) in [4.78, 5) is 24.5. The van der Waals surface area contributed by atoms with Gasteiger partial charge in [-0.2, -0.15) is 0 Å². The maximum Gasteiger partial charge on any atom is 0.291 e. The lowest BCUT2D eigenvalue weighted by Crippen LogP contribution is -2.24. The molecule has 5 heteroatoms. The van der Waals surface area contributed by atoms with Gasteiger partial charge in [-0.25, -0.2) is 0 Å². The fourth-order valence-electron chi connectivity index (χ4n) is 3.24. The third-order valence-corrected chi connectivity index (χ3v) is 4.65. The standard InChI is InChI=1S/C24H20N2O3/c27-23(15-19-9-4-8-18-7-1-2-11-21(18)19)25-16-17-6-3-10-20(14-17)26-24(28)22-12-5-13-29-22/h1-14H,15-16H2,(H,25,27)(H,26,28). The number of rotatable bonds is 6. The van der Waals surface area contributed by atoms with Gasteiger partial charge in [0.15, 0.2) is 5.76 Å². The summed E-state index contributed by atoms with van der Waals surface area (Å²) in [5.74, 6) is -0.114. The first-order valence-electron chi connectivity index (χ1n) is 9.36. The summed E-state index contributed by atoms with van der Waals surface area (Å²) >= 11 is 0. The van der Waals surface area contributed by atoms with E-state index in [-0.39, 0.29) is 17.6 Å². The molecule has 4 aromatic rings. The highest BCUT2D eigenvalue weighted by Crippen LogP contribution is 2.19. The van der Waals surface area contributed by atoms with Crippen LogP contribution in [0, 0.1) is 0 Å². The molecule has 0 saturated heterocycles. The Morgan fingerprint density at radius 1 is 0.862 bits per heavy atom. The Balaban J connectivity index is 1.37. The summed E-state index contributed by atoms with van der Waals surface area (Å²) in [7, 11) is 0. The van der Waals surface area contributed by atoms with Gasteiger partial charge in [0, 0.05) is 12.2 Å². The second kappa shape index (κ2) is 8.44. The number of furan rings is 1. The van der Waals surface area contributed by atoms with Crippen molar-refractivity contribution in [2.75, 3.05) is 5.32 Å². The van der Waals surface area contributed by atoms with Crippen LogP contribution in [0.25, 0.3) is 10.8 Å². The molecule has 1 aromatic heterocycles. The molecule has 0 unspecified atom stereocenters. The summed E-state index contributed by atoms with van der Waals surface area (Å²) in [5, 5.41) is 7.95. The predicted molar refractivity (Wildman–Crippen MR) is 113 cm³/mol. The van der Waals surface area contributed by atoms with Gasteiger partial charge in [0.1, 0.15) is 0 Å². The zero-order valence-corrected chi connectivity index (χ0v) is 15.7. The summed E-state index contributed by atoms with van der Waals surface area (Å²) in [6.45, 7) is 0.383. The molecule has 4 rings (SSSR count). The molecule has 0 fully saturated rings. The molecule has 2 amide bonds. The maximum atomic E-state index is 12.5. The molecule has 0 atom stereocenters. The molecule has 5 nitrogen and oxygen atoms in total. The van der Waals surface area contributed by atoms with Gasteiger partial charge in [-0.15, -0.1) is 0 Å². The van der Waals surface area contributed by atoms with Crippen molar-refractivity contribution in [3.05, 3.63) is 102 Å². The highest BCUT2D eigenvalue weighted by atomic mass is 16.3. The number of fused-ring (bicyclic) bond motifs is 1. The van der Waals surface area contributed by atoms with Crippen molar-refractivity contribution < 1.29 is 14.0 Å². The van der Waals surface area contributed by atoms with Gasteiger partial charge in [0.2, 0.25) is 5.91 Å². The molecule has 0 bridgehead atoms. The van der Waals surface area contributed by atoms with E-state index in [0.29, 0.717) is 18.7 Å². The van der Waals surface area contributed by atoms with Gasteiger partial charge >= 0.3 is 0 Å². The molecule has 0 radical (unpaired) electrons. The molecule has 0 spiro atoms. The Hall–Kier alpha value is -3.86. The lowest BCUT2D eigenvalue weighted by Gasteiger charge is -2.09. The van der Waals surface area contributed by atoms with Gasteiger partial charge in [-0.1, -0.05) is 54.6 Å². The smallest absolute Gasteiger partial charge is 0.291 e. The number of carbonyl (C=O) groups is 2. The van der Waals surface area contributed by atoms with Crippen molar-refractivity contribution in [2.45, 2.75) is 13.0 Å². The van der Waals surface area contributed by atoms with Gasteiger partial charge < -0.3 is 15.1 Å². The van der Waals surface area contributed by atoms with Crippen LogP contribution in [0.3, 0.4) is 0 Å². The van der Waals surface area contributed by atoms with E-state index in [2.05, 4.69) is 10.6 Å². The van der Waals surface area contributed by atoms with Gasteiger partial charge in [-0.3, -0.25) is 9.59 Å². The number of carbonyl (C=O) groups excluding carboxylic acids is 2. The molecule has 1 heterocycles. The van der Waals surface area contributed by atoms with E-state index in [1.54, 1.807) is 18.2 Å². The number of benzene rings is 3. The molecule has 0 aliphatic heterocycles. The first-order chi connectivity index (χ1) is 14.2. The molecule has 144 valence electrons. The monoisotopic (exact) mass is 384 g/mol. The van der Waals surface area contributed by atoms with E-state index in [1.165, 1.54) is 6.26 Å². The van der Waals surface area contributed by atoms with Crippen LogP contribution in [0.1, 0.15) is 21.7 Å².